The summed E-state index contributed by atoms with van der Waals surface area (Å²) in [6.45, 7) is 34.2. The Bertz CT molecular complexity index is 6250. The second-order valence-corrected chi connectivity index (χ2v) is 32.3. The molecule has 120 heavy (non-hydrogen) atoms. The van der Waals surface area contributed by atoms with Crippen LogP contribution in [-0.2, 0) is 0 Å². The Labute approximate surface area is 715 Å². The molecule has 0 amide bonds. The van der Waals surface area contributed by atoms with E-state index in [2.05, 4.69) is 511 Å². The summed E-state index contributed by atoms with van der Waals surface area (Å²) in [6.07, 6.45) is 0. The summed E-state index contributed by atoms with van der Waals surface area (Å²) in [5.74, 6) is 0. The zero-order valence-electron chi connectivity index (χ0n) is 73.1. The van der Waals surface area contributed by atoms with Gasteiger partial charge in [0.2, 0.25) is 0 Å². The molecule has 0 bridgehead atoms. The average molecular weight is 1560 g/mol. The summed E-state index contributed by atoms with van der Waals surface area (Å²) in [7, 11) is 0. The quantitative estimate of drug-likeness (QED) is 0.156. The van der Waals surface area contributed by atoms with E-state index in [1.807, 2.05) is 0 Å². The molecule has 19 aromatic rings. The van der Waals surface area contributed by atoms with Crippen molar-refractivity contribution in [2.45, 2.75) is 111 Å². The highest BCUT2D eigenvalue weighted by Gasteiger charge is 2.10. The standard InChI is InChI=1S/C26H22.C20H18.C14H14.5C12H12/c1-19-8-6-12-22(14-19)25-16-24(21-10-4-3-5-11-21)17-26(18-25)23-13-7-9-20(2)15-23;1-15-6-10-17(11-7-15)19-4-3-5-20(14-19)18-12-8-16(2)9-13-18;1-11-7-3-5-9-13(11)14-10-6-4-8-12(14)2;1-9-3-5-12-8-10(2)4-6-11(12)7-9;1-9-3-5-11-6-4-10(2)8-12(11)7-9;1-9-5-3-8-12-10(2)6-4-7-11(9)12;1-9-6-7-12-10(2)4-3-5-11(12)8-9;1-9-7-8-10(2)12-6-4-3-5-11(9)12/h3-18H,1-2H3;3-14H,1-2H3;3-10H,1-2H3;5*3-8H,1-2H3. The van der Waals surface area contributed by atoms with Gasteiger partial charge in [0.25, 0.3) is 0 Å². The third-order valence-corrected chi connectivity index (χ3v) is 22.2. The molecular formula is C120H114. The first-order valence-corrected chi connectivity index (χ1v) is 42.1. The van der Waals surface area contributed by atoms with E-state index in [0.717, 1.165) is 0 Å². The van der Waals surface area contributed by atoms with Crippen molar-refractivity contribution in [1.82, 2.24) is 0 Å². The predicted octanol–water partition coefficient (Wildman–Crippen LogP) is 34.2. The molecule has 0 heterocycles. The normalized spacial score (nSPS) is 10.5. The first-order valence-electron chi connectivity index (χ1n) is 42.1. The van der Waals surface area contributed by atoms with Crippen LogP contribution in [-0.4, -0.2) is 0 Å². The third kappa shape index (κ3) is 23.7. The Morgan fingerprint density at radius 1 is 0.108 bits per heavy atom. The van der Waals surface area contributed by atoms with Crippen LogP contribution in [0.15, 0.2) is 400 Å². The molecule has 19 aromatic carbocycles. The largest absolute Gasteiger partial charge is 0.0622 e. The fraction of sp³-hybridized carbons (Fsp3) is 0.133. The Hall–Kier alpha value is -13.5. The van der Waals surface area contributed by atoms with Crippen LogP contribution in [0.1, 0.15) is 89.0 Å². The van der Waals surface area contributed by atoms with E-state index >= 15 is 0 Å². The van der Waals surface area contributed by atoms with Crippen LogP contribution in [0.2, 0.25) is 0 Å². The first kappa shape index (κ1) is 85.8. The van der Waals surface area contributed by atoms with Crippen LogP contribution in [0.5, 0.6) is 0 Å². The van der Waals surface area contributed by atoms with Crippen molar-refractivity contribution in [1.29, 1.82) is 0 Å². The lowest BCUT2D eigenvalue weighted by Crippen LogP contribution is -1.87. The number of aryl methyl sites for hydroxylation is 16. The lowest BCUT2D eigenvalue weighted by atomic mass is 9.92. The zero-order valence-corrected chi connectivity index (χ0v) is 73.1. The third-order valence-electron chi connectivity index (χ3n) is 22.2. The fourth-order valence-electron chi connectivity index (χ4n) is 15.3. The van der Waals surface area contributed by atoms with E-state index in [-0.39, 0.29) is 0 Å². The zero-order chi connectivity index (χ0) is 84.6. The molecule has 0 saturated carbocycles. The second kappa shape index (κ2) is 41.5. The molecule has 0 spiro atoms. The Kier molecular flexibility index (Phi) is 29.7. The molecule has 19 rings (SSSR count). The van der Waals surface area contributed by atoms with E-state index in [1.54, 1.807) is 0 Å². The maximum atomic E-state index is 2.30. The van der Waals surface area contributed by atoms with Crippen LogP contribution >= 0.6 is 0 Å². The van der Waals surface area contributed by atoms with Gasteiger partial charge in [0, 0.05) is 0 Å². The van der Waals surface area contributed by atoms with Gasteiger partial charge >= 0.3 is 0 Å². The minimum atomic E-state index is 1.25. The molecule has 0 unspecified atom stereocenters. The van der Waals surface area contributed by atoms with Gasteiger partial charge in [0.15, 0.2) is 0 Å². The average Bonchev–Trinajstić information content (AvgIpc) is 0.805. The molecule has 0 aliphatic carbocycles. The molecule has 0 aliphatic heterocycles. The monoisotopic (exact) mass is 1550 g/mol. The highest BCUT2D eigenvalue weighted by atomic mass is 14.1. The molecule has 0 fully saturated rings. The molecule has 0 aliphatic rings. The SMILES string of the molecule is Cc1ccc(-c2cccc(-c3ccc(C)cc3)c2)cc1.Cc1ccc(C)c2ccccc12.Cc1ccc2c(C)cccc2c1.Cc1ccc2cc(C)ccc2c1.Cc1ccc2ccc(C)cc2c1.Cc1cccc(-c2cc(-c3ccccc3)cc(-c3cccc(C)c3)c2)c1.Cc1cccc2c(C)cccc12.Cc1ccccc1-c1ccccc1C. The Morgan fingerprint density at radius 2 is 0.367 bits per heavy atom. The highest BCUT2D eigenvalue weighted by molar-refractivity contribution is 5.91. The number of hydrogen-bond donors (Lipinski definition) is 0. The summed E-state index contributed by atoms with van der Waals surface area (Å²) in [6, 6.07) is 143. The van der Waals surface area contributed by atoms with Crippen molar-refractivity contribution < 1.29 is 0 Å². The van der Waals surface area contributed by atoms with Gasteiger partial charge in [0.05, 0.1) is 0 Å². The summed E-state index contributed by atoms with van der Waals surface area (Å²) in [5, 5.41) is 13.5. The highest BCUT2D eigenvalue weighted by Crippen LogP contribution is 2.35. The van der Waals surface area contributed by atoms with Gasteiger partial charge in [-0.3, -0.25) is 0 Å². The number of hydrogen-bond acceptors (Lipinski definition) is 0. The van der Waals surface area contributed by atoms with Gasteiger partial charge in [-0.25, -0.2) is 0 Å². The van der Waals surface area contributed by atoms with Crippen LogP contribution in [0, 0.1) is 111 Å². The lowest BCUT2D eigenvalue weighted by Gasteiger charge is -2.12. The van der Waals surface area contributed by atoms with E-state index in [4.69, 9.17) is 0 Å². The molecule has 0 saturated heterocycles. The summed E-state index contributed by atoms with van der Waals surface area (Å²) < 4.78 is 0. The van der Waals surface area contributed by atoms with Crippen molar-refractivity contribution in [2.24, 2.45) is 0 Å². The number of benzene rings is 19. The topological polar surface area (TPSA) is 0 Å². The molecule has 0 atom stereocenters. The fourth-order valence-corrected chi connectivity index (χ4v) is 15.3. The Morgan fingerprint density at radius 3 is 0.783 bits per heavy atom. The summed E-state index contributed by atoms with van der Waals surface area (Å²) in [4.78, 5) is 0. The van der Waals surface area contributed by atoms with E-state index in [1.165, 1.54) is 210 Å². The van der Waals surface area contributed by atoms with Gasteiger partial charge in [-0.1, -0.05) is 426 Å². The van der Waals surface area contributed by atoms with Crippen molar-refractivity contribution >= 4 is 53.9 Å². The maximum Gasteiger partial charge on any atom is -0.0152 e. The Balaban J connectivity index is 0.000000128. The molecule has 0 aromatic heterocycles. The first-order chi connectivity index (χ1) is 58.0. The minimum Gasteiger partial charge on any atom is -0.0622 e. The van der Waals surface area contributed by atoms with E-state index in [0.29, 0.717) is 0 Å². The number of fused-ring (bicyclic) bond motifs is 5. The van der Waals surface area contributed by atoms with Crippen LogP contribution in [0.25, 0.3) is 121 Å². The molecule has 0 radical (unpaired) electrons. The van der Waals surface area contributed by atoms with Crippen molar-refractivity contribution in [3.63, 3.8) is 0 Å². The van der Waals surface area contributed by atoms with Gasteiger partial charge in [-0.05, 0) is 295 Å². The molecule has 594 valence electrons. The van der Waals surface area contributed by atoms with E-state index in [9.17, 15) is 0 Å². The summed E-state index contributed by atoms with van der Waals surface area (Å²) >= 11 is 0. The van der Waals surface area contributed by atoms with Crippen molar-refractivity contribution in [3.8, 4) is 66.8 Å². The second-order valence-electron chi connectivity index (χ2n) is 32.3. The van der Waals surface area contributed by atoms with E-state index < -0.39 is 0 Å². The van der Waals surface area contributed by atoms with Crippen molar-refractivity contribution in [2.75, 3.05) is 0 Å². The van der Waals surface area contributed by atoms with Crippen LogP contribution < -0.4 is 0 Å². The van der Waals surface area contributed by atoms with Crippen molar-refractivity contribution in [3.05, 3.63) is 489 Å². The smallest absolute Gasteiger partial charge is 0.0152 e. The number of rotatable bonds is 6. The maximum absolute atomic E-state index is 2.30. The van der Waals surface area contributed by atoms with Gasteiger partial charge in [-0.2, -0.15) is 0 Å². The minimum absolute atomic E-state index is 1.25. The molecule has 0 nitrogen and oxygen atoms in total. The molecular weight excluding hydrogens is 1440 g/mol. The van der Waals surface area contributed by atoms with Gasteiger partial charge in [0.1, 0.15) is 0 Å². The summed E-state index contributed by atoms with van der Waals surface area (Å²) in [5.41, 5.74) is 36.5. The lowest BCUT2D eigenvalue weighted by molar-refractivity contribution is 1.41. The molecule has 0 heteroatoms. The predicted molar refractivity (Wildman–Crippen MR) is 527 cm³/mol. The van der Waals surface area contributed by atoms with Gasteiger partial charge < -0.3 is 0 Å². The molecule has 0 N–H and O–H groups in total. The van der Waals surface area contributed by atoms with Crippen LogP contribution in [0.3, 0.4) is 0 Å². The van der Waals surface area contributed by atoms with Crippen LogP contribution in [0.4, 0.5) is 0 Å². The van der Waals surface area contributed by atoms with Gasteiger partial charge in [-0.15, -0.1) is 0 Å².